The van der Waals surface area contributed by atoms with Crippen molar-refractivity contribution < 1.29 is 4.79 Å². The molecule has 25 heavy (non-hydrogen) atoms. The Morgan fingerprint density at radius 3 is 2.84 bits per heavy atom. The zero-order valence-corrected chi connectivity index (χ0v) is 15.2. The first-order chi connectivity index (χ1) is 12.1. The average molecular weight is 355 g/mol. The number of piperidine rings is 1. The van der Waals surface area contributed by atoms with Crippen molar-refractivity contribution in [2.24, 2.45) is 5.92 Å². The average Bonchev–Trinajstić information content (AvgIpc) is 2.99. The topological polar surface area (TPSA) is 74.8 Å². The van der Waals surface area contributed by atoms with Gasteiger partial charge in [0.05, 0.1) is 5.25 Å². The maximum Gasteiger partial charge on any atom is 0.235 e. The van der Waals surface area contributed by atoms with E-state index in [2.05, 4.69) is 27.1 Å². The van der Waals surface area contributed by atoms with Gasteiger partial charge in [-0.2, -0.15) is 0 Å². The van der Waals surface area contributed by atoms with E-state index in [0.29, 0.717) is 16.7 Å². The second kappa shape index (κ2) is 6.63. The fraction of sp³-hybridized carbons (Fsp3) is 0.444. The number of nitrogens with one attached hydrogen (secondary N) is 1. The third-order valence-electron chi connectivity index (χ3n) is 4.83. The van der Waals surface area contributed by atoms with E-state index in [1.807, 2.05) is 36.1 Å². The number of nitrogens with zero attached hydrogens (tertiary/aromatic N) is 4. The summed E-state index contributed by atoms with van der Waals surface area (Å²) in [5.74, 6) is 0.876. The Morgan fingerprint density at radius 1 is 1.28 bits per heavy atom. The lowest BCUT2D eigenvalue weighted by atomic mass is 9.99. The molecule has 0 unspecified atom stereocenters. The van der Waals surface area contributed by atoms with Gasteiger partial charge in [-0.15, -0.1) is 10.2 Å². The summed E-state index contributed by atoms with van der Waals surface area (Å²) in [6.07, 6.45) is 2.17. The van der Waals surface area contributed by atoms with Crippen molar-refractivity contribution in [3.05, 3.63) is 24.3 Å². The number of fused-ring (bicyclic) bond motifs is 3. The van der Waals surface area contributed by atoms with Crippen molar-refractivity contribution >= 4 is 39.7 Å². The van der Waals surface area contributed by atoms with E-state index < -0.39 is 0 Å². The van der Waals surface area contributed by atoms with Crippen LogP contribution in [-0.4, -0.2) is 49.3 Å². The van der Waals surface area contributed by atoms with Crippen LogP contribution < -0.4 is 0 Å². The molecule has 1 N–H and O–H groups in total. The van der Waals surface area contributed by atoms with Gasteiger partial charge in [0, 0.05) is 24.0 Å². The summed E-state index contributed by atoms with van der Waals surface area (Å²) in [6, 6.07) is 7.94. The van der Waals surface area contributed by atoms with Crippen LogP contribution in [0.1, 0.15) is 26.7 Å². The lowest BCUT2D eigenvalue weighted by Gasteiger charge is -2.31. The second-order valence-corrected chi connectivity index (χ2v) is 8.04. The molecule has 0 saturated carbocycles. The van der Waals surface area contributed by atoms with Crippen molar-refractivity contribution in [2.45, 2.75) is 37.1 Å². The normalized spacial score (nSPS) is 17.3. The van der Waals surface area contributed by atoms with Crippen LogP contribution in [0.5, 0.6) is 0 Å². The number of para-hydroxylation sites is 1. The standard InChI is InChI=1S/C18H21N5OS/c1-11-7-9-23(10-8-11)17(24)12(2)25-18-20-16-15(21-22-18)13-5-3-4-6-14(13)19-16/h3-6,11-12H,7-10H2,1-2H3,(H,19,20,22)/t12-/m0/s1. The molecule has 0 aliphatic carbocycles. The van der Waals surface area contributed by atoms with Gasteiger partial charge in [0.1, 0.15) is 5.52 Å². The van der Waals surface area contributed by atoms with E-state index in [4.69, 9.17) is 0 Å². The third-order valence-corrected chi connectivity index (χ3v) is 5.77. The highest BCUT2D eigenvalue weighted by Gasteiger charge is 2.26. The third kappa shape index (κ3) is 3.20. The number of carbonyl (C=O) groups excluding carboxylic acids is 1. The largest absolute Gasteiger partial charge is 0.342 e. The van der Waals surface area contributed by atoms with E-state index in [9.17, 15) is 4.79 Å². The summed E-state index contributed by atoms with van der Waals surface area (Å²) in [5, 5.41) is 9.87. The molecule has 0 spiro atoms. The van der Waals surface area contributed by atoms with Crippen LogP contribution in [0, 0.1) is 5.92 Å². The molecule has 2 aromatic heterocycles. The Kier molecular flexibility index (Phi) is 4.33. The van der Waals surface area contributed by atoms with Gasteiger partial charge in [-0.3, -0.25) is 4.79 Å². The zero-order chi connectivity index (χ0) is 17.4. The van der Waals surface area contributed by atoms with Crippen molar-refractivity contribution in [1.29, 1.82) is 0 Å². The van der Waals surface area contributed by atoms with Gasteiger partial charge in [-0.25, -0.2) is 4.98 Å². The number of aromatic amines is 1. The monoisotopic (exact) mass is 355 g/mol. The van der Waals surface area contributed by atoms with Gasteiger partial charge in [-0.05, 0) is 31.7 Å². The zero-order valence-electron chi connectivity index (χ0n) is 14.4. The van der Waals surface area contributed by atoms with Gasteiger partial charge in [0.15, 0.2) is 5.65 Å². The Bertz CT molecular complexity index is 916. The molecule has 3 heterocycles. The number of thioether (sulfide) groups is 1. The predicted molar refractivity (Wildman–Crippen MR) is 99.5 cm³/mol. The minimum absolute atomic E-state index is 0.164. The van der Waals surface area contributed by atoms with Crippen molar-refractivity contribution in [3.63, 3.8) is 0 Å². The highest BCUT2D eigenvalue weighted by Crippen LogP contribution is 2.26. The summed E-state index contributed by atoms with van der Waals surface area (Å²) in [5.41, 5.74) is 2.47. The molecule has 1 atom stereocenters. The number of hydrogen-bond acceptors (Lipinski definition) is 5. The van der Waals surface area contributed by atoms with Crippen LogP contribution in [-0.2, 0) is 4.79 Å². The Hall–Kier alpha value is -2.15. The van der Waals surface area contributed by atoms with Crippen molar-refractivity contribution in [2.75, 3.05) is 13.1 Å². The van der Waals surface area contributed by atoms with Crippen LogP contribution in [0.3, 0.4) is 0 Å². The Labute approximate surface area is 150 Å². The number of carbonyl (C=O) groups is 1. The van der Waals surface area contributed by atoms with Crippen LogP contribution in [0.15, 0.2) is 29.4 Å². The first-order valence-electron chi connectivity index (χ1n) is 8.68. The summed E-state index contributed by atoms with van der Waals surface area (Å²) in [7, 11) is 0. The van der Waals surface area contributed by atoms with Crippen LogP contribution in [0.4, 0.5) is 0 Å². The fourth-order valence-electron chi connectivity index (χ4n) is 3.25. The van der Waals surface area contributed by atoms with Crippen LogP contribution in [0.25, 0.3) is 22.1 Å². The lowest BCUT2D eigenvalue weighted by Crippen LogP contribution is -2.41. The molecular weight excluding hydrogens is 334 g/mol. The summed E-state index contributed by atoms with van der Waals surface area (Å²) in [6.45, 7) is 5.87. The summed E-state index contributed by atoms with van der Waals surface area (Å²) in [4.78, 5) is 22.4. The van der Waals surface area contributed by atoms with Gasteiger partial charge < -0.3 is 9.88 Å². The highest BCUT2D eigenvalue weighted by molar-refractivity contribution is 8.00. The molecule has 1 aliphatic rings. The van der Waals surface area contributed by atoms with Gasteiger partial charge in [0.2, 0.25) is 11.1 Å². The van der Waals surface area contributed by atoms with Gasteiger partial charge >= 0.3 is 0 Å². The molecule has 1 amide bonds. The van der Waals surface area contributed by atoms with E-state index in [1.54, 1.807) is 0 Å². The second-order valence-electron chi connectivity index (χ2n) is 6.73. The van der Waals surface area contributed by atoms with E-state index >= 15 is 0 Å². The molecule has 7 heteroatoms. The molecule has 1 saturated heterocycles. The van der Waals surface area contributed by atoms with E-state index in [0.717, 1.165) is 42.4 Å². The van der Waals surface area contributed by atoms with Gasteiger partial charge in [-0.1, -0.05) is 36.9 Å². The van der Waals surface area contributed by atoms with Crippen molar-refractivity contribution in [1.82, 2.24) is 25.1 Å². The van der Waals surface area contributed by atoms with E-state index in [-0.39, 0.29) is 11.2 Å². The molecule has 3 aromatic rings. The minimum Gasteiger partial charge on any atom is -0.342 e. The maximum atomic E-state index is 12.6. The number of rotatable bonds is 3. The van der Waals surface area contributed by atoms with Crippen LogP contribution in [0.2, 0.25) is 0 Å². The number of amides is 1. The number of H-pyrrole nitrogens is 1. The smallest absolute Gasteiger partial charge is 0.235 e. The number of likely N-dealkylation sites (tertiary alicyclic amines) is 1. The van der Waals surface area contributed by atoms with E-state index in [1.165, 1.54) is 11.8 Å². The fourth-order valence-corrected chi connectivity index (χ4v) is 4.05. The number of hydrogen-bond donors (Lipinski definition) is 1. The molecule has 130 valence electrons. The minimum atomic E-state index is -0.211. The molecule has 0 bridgehead atoms. The molecular formula is C18H21N5OS. The first-order valence-corrected chi connectivity index (χ1v) is 9.56. The highest BCUT2D eigenvalue weighted by atomic mass is 32.2. The van der Waals surface area contributed by atoms with Crippen molar-refractivity contribution in [3.8, 4) is 0 Å². The molecule has 4 rings (SSSR count). The number of aromatic nitrogens is 4. The quantitative estimate of drug-likeness (QED) is 0.730. The molecule has 1 aromatic carbocycles. The predicted octanol–water partition coefficient (Wildman–Crippen LogP) is 3.25. The maximum absolute atomic E-state index is 12.6. The Morgan fingerprint density at radius 2 is 2.04 bits per heavy atom. The molecule has 0 radical (unpaired) electrons. The van der Waals surface area contributed by atoms with Gasteiger partial charge in [0.25, 0.3) is 0 Å². The molecule has 1 aliphatic heterocycles. The molecule has 1 fully saturated rings. The summed E-state index contributed by atoms with van der Waals surface area (Å²) >= 11 is 1.37. The lowest BCUT2D eigenvalue weighted by molar-refractivity contribution is -0.131. The van der Waals surface area contributed by atoms with Crippen LogP contribution >= 0.6 is 11.8 Å². The number of benzene rings is 1. The molecule has 6 nitrogen and oxygen atoms in total. The Balaban J connectivity index is 1.51. The first kappa shape index (κ1) is 16.3. The summed E-state index contributed by atoms with van der Waals surface area (Å²) < 4.78 is 0. The SMILES string of the molecule is CC1CCN(C(=O)[C@H](C)Sc2nnc3c(n2)[nH]c2ccccc23)CC1.